The average Bonchev–Trinajstić information content (AvgIpc) is 2.46. The molecular weight excluding hydrogens is 286 g/mol. The maximum absolute atomic E-state index is 11.7. The number of aliphatic hydroxyl groups is 1. The number of nitrogens with zero attached hydrogens (tertiary/aromatic N) is 2. The lowest BCUT2D eigenvalue weighted by atomic mass is 10.1. The Morgan fingerprint density at radius 3 is 2.24 bits per heavy atom. The molecule has 0 saturated carbocycles. The molecule has 1 aromatic carbocycles. The first-order chi connectivity index (χ1) is 9.90. The molecule has 0 unspecified atom stereocenters. The van der Waals surface area contributed by atoms with Crippen LogP contribution in [0.3, 0.4) is 0 Å². The van der Waals surface area contributed by atoms with Gasteiger partial charge < -0.3 is 15.2 Å². The van der Waals surface area contributed by atoms with Crippen LogP contribution in [0.2, 0.25) is 0 Å². The zero-order valence-electron chi connectivity index (χ0n) is 11.0. The summed E-state index contributed by atoms with van der Waals surface area (Å²) in [6.45, 7) is -0.727. The van der Waals surface area contributed by atoms with Gasteiger partial charge in [0.15, 0.2) is 5.56 Å². The summed E-state index contributed by atoms with van der Waals surface area (Å²) in [5, 5.41) is 33.7. The van der Waals surface area contributed by atoms with E-state index in [2.05, 4.69) is 10.1 Å². The summed E-state index contributed by atoms with van der Waals surface area (Å²) in [6, 6.07) is 5.07. The largest absolute Gasteiger partial charge is 0.651 e. The summed E-state index contributed by atoms with van der Waals surface area (Å²) in [6.07, 6.45) is 0. The number of nitrogens with one attached hydrogen (secondary N) is 1. The molecule has 0 aliphatic rings. The lowest BCUT2D eigenvalue weighted by Crippen LogP contribution is -2.51. The molecule has 0 radical (unpaired) electrons. The summed E-state index contributed by atoms with van der Waals surface area (Å²) >= 11 is 0. The molecule has 1 aromatic rings. The van der Waals surface area contributed by atoms with Crippen LogP contribution < -0.4 is 5.32 Å². The zero-order chi connectivity index (χ0) is 16.0. The molecule has 0 aliphatic heterocycles. The first kappa shape index (κ1) is 16.5. The highest BCUT2D eigenvalue weighted by molar-refractivity contribution is 5.76. The minimum absolute atomic E-state index is 0.416. The number of hydrogen-bond donors (Lipinski definition) is 2. The molecule has 0 heterocycles. The summed E-state index contributed by atoms with van der Waals surface area (Å²) in [5.41, 5.74) is -0.416. The van der Waals surface area contributed by atoms with Crippen LogP contribution in [0.4, 0.5) is 0 Å². The molecule has 1 rings (SSSR count). The number of benzene rings is 1. The highest BCUT2D eigenvalue weighted by atomic mass is 16.8. The van der Waals surface area contributed by atoms with Gasteiger partial charge in [0.25, 0.3) is 0 Å². The second-order valence-corrected chi connectivity index (χ2v) is 3.93. The number of hydrogen-bond acceptors (Lipinski definition) is 8. The van der Waals surface area contributed by atoms with Crippen molar-refractivity contribution in [3.63, 3.8) is 0 Å². The van der Waals surface area contributed by atoms with Crippen molar-refractivity contribution in [3.8, 4) is 0 Å². The maximum atomic E-state index is 11.7. The van der Waals surface area contributed by atoms with Crippen molar-refractivity contribution in [2.45, 2.75) is 11.9 Å². The molecule has 114 valence electrons. The fourth-order valence-corrected chi connectivity index (χ4v) is 1.56. The minimum Gasteiger partial charge on any atom is -0.394 e. The molecule has 0 aromatic heterocycles. The number of ether oxygens (including phenoxy) is 1. The van der Waals surface area contributed by atoms with Gasteiger partial charge in [-0.1, -0.05) is 18.2 Å². The van der Waals surface area contributed by atoms with Crippen LogP contribution in [0.5, 0.6) is 0 Å². The predicted octanol–water partition coefficient (Wildman–Crippen LogP) is -0.526. The number of aliphatic hydroxyl groups excluding tert-OH is 1. The highest BCUT2D eigenvalue weighted by Gasteiger charge is 2.64. The first-order valence-corrected chi connectivity index (χ1v) is 5.75. The van der Waals surface area contributed by atoms with Crippen molar-refractivity contribution >= 4 is 5.97 Å². The van der Waals surface area contributed by atoms with E-state index >= 15 is 0 Å². The molecule has 21 heavy (non-hydrogen) atoms. The van der Waals surface area contributed by atoms with Gasteiger partial charge in [-0.3, -0.25) is 20.2 Å². The van der Waals surface area contributed by atoms with Gasteiger partial charge in [0, 0.05) is 0 Å². The Morgan fingerprint density at radius 1 is 1.33 bits per heavy atom. The fraction of sp³-hybridized carbons (Fsp3) is 0.364. The van der Waals surface area contributed by atoms with Crippen LogP contribution in [0.15, 0.2) is 30.3 Å². The van der Waals surface area contributed by atoms with Gasteiger partial charge in [-0.25, -0.2) is 4.79 Å². The smallest absolute Gasteiger partial charge is 0.394 e. The van der Waals surface area contributed by atoms with Crippen LogP contribution in [-0.4, -0.2) is 40.6 Å². The molecule has 2 N–H and O–H groups in total. The fourth-order valence-electron chi connectivity index (χ4n) is 1.56. The third-order valence-electron chi connectivity index (χ3n) is 2.70. The average molecular weight is 299 g/mol. The van der Waals surface area contributed by atoms with E-state index in [4.69, 9.17) is 5.11 Å². The van der Waals surface area contributed by atoms with Crippen molar-refractivity contribution < 1.29 is 24.5 Å². The van der Waals surface area contributed by atoms with E-state index in [1.165, 1.54) is 25.2 Å². The summed E-state index contributed by atoms with van der Waals surface area (Å²) in [7, 11) is 1.30. The van der Waals surface area contributed by atoms with Crippen LogP contribution >= 0.6 is 0 Å². The number of rotatable bonds is 7. The van der Waals surface area contributed by atoms with Crippen molar-refractivity contribution in [1.29, 1.82) is 0 Å². The van der Waals surface area contributed by atoms with E-state index in [0.29, 0.717) is 0 Å². The summed E-state index contributed by atoms with van der Waals surface area (Å²) in [4.78, 5) is 31.6. The Kier molecular flexibility index (Phi) is 5.27. The maximum Gasteiger partial charge on any atom is 0.651 e. The molecule has 0 aliphatic carbocycles. The zero-order valence-corrected chi connectivity index (χ0v) is 11.0. The first-order valence-electron chi connectivity index (χ1n) is 5.75. The van der Waals surface area contributed by atoms with Gasteiger partial charge in [0.2, 0.25) is 0 Å². The van der Waals surface area contributed by atoms with Crippen molar-refractivity contribution in [2.75, 3.05) is 13.7 Å². The number of nitro groups is 2. The van der Waals surface area contributed by atoms with Crippen molar-refractivity contribution in [1.82, 2.24) is 5.32 Å². The predicted molar refractivity (Wildman–Crippen MR) is 68.1 cm³/mol. The quantitative estimate of drug-likeness (QED) is 0.296. The molecule has 0 amide bonds. The van der Waals surface area contributed by atoms with Crippen LogP contribution in [0.1, 0.15) is 5.56 Å². The molecule has 0 fully saturated rings. The minimum atomic E-state index is -3.26. The number of carbonyl (C=O) groups is 1. The van der Waals surface area contributed by atoms with Crippen molar-refractivity contribution in [3.05, 3.63) is 56.1 Å². The van der Waals surface area contributed by atoms with E-state index in [9.17, 15) is 25.0 Å². The number of likely N-dealkylation sites (N-methyl/N-ethyl adjacent to an activating group) is 1. The Hall–Kier alpha value is -2.59. The molecule has 1 atom stereocenters. The van der Waals surface area contributed by atoms with Gasteiger partial charge >= 0.3 is 11.8 Å². The third kappa shape index (κ3) is 3.12. The second-order valence-electron chi connectivity index (χ2n) is 3.93. The van der Waals surface area contributed by atoms with Gasteiger partial charge in [-0.2, -0.15) is 0 Å². The lowest BCUT2D eigenvalue weighted by molar-refractivity contribution is -0.858. The molecule has 0 bridgehead atoms. The molecular formula is C11H13N3O7. The van der Waals surface area contributed by atoms with E-state index in [1.807, 2.05) is 0 Å². The SMILES string of the molecule is CN[C@@H](CO)C(=O)OC(c1ccccc1)([N+](=O)[O-])[N+](=O)[O-]. The van der Waals surface area contributed by atoms with Crippen LogP contribution in [0.25, 0.3) is 0 Å². The van der Waals surface area contributed by atoms with Gasteiger partial charge in [-0.05, 0) is 19.2 Å². The van der Waals surface area contributed by atoms with Gasteiger partial charge in [0.1, 0.15) is 15.9 Å². The monoisotopic (exact) mass is 299 g/mol. The van der Waals surface area contributed by atoms with Gasteiger partial charge in [-0.15, -0.1) is 0 Å². The summed E-state index contributed by atoms with van der Waals surface area (Å²) in [5.74, 6) is -4.57. The molecule has 0 saturated heterocycles. The van der Waals surface area contributed by atoms with Gasteiger partial charge in [0.05, 0.1) is 6.61 Å². The van der Waals surface area contributed by atoms with Crippen molar-refractivity contribution in [2.24, 2.45) is 0 Å². The summed E-state index contributed by atoms with van der Waals surface area (Å²) < 4.78 is 4.53. The van der Waals surface area contributed by atoms with E-state index in [0.717, 1.165) is 12.1 Å². The highest BCUT2D eigenvalue weighted by Crippen LogP contribution is 2.27. The molecule has 10 nitrogen and oxygen atoms in total. The lowest BCUT2D eigenvalue weighted by Gasteiger charge is -2.19. The Morgan fingerprint density at radius 2 is 1.86 bits per heavy atom. The standard InChI is InChI=1S/C11H13N3O7/c1-12-9(7-15)10(16)21-11(13(17)18,14(19)20)8-5-3-2-4-6-8/h2-6,9,12,15H,7H2,1H3/t9-/m0/s1. The number of esters is 1. The van der Waals surface area contributed by atoms with Crippen LogP contribution in [0, 0.1) is 20.2 Å². The second kappa shape index (κ2) is 6.72. The topological polar surface area (TPSA) is 145 Å². The van der Waals surface area contributed by atoms with E-state index in [-0.39, 0.29) is 0 Å². The Balaban J connectivity index is 3.30. The normalized spacial score (nSPS) is 12.5. The molecule has 10 heteroatoms. The molecule has 0 spiro atoms. The van der Waals surface area contributed by atoms with E-state index in [1.54, 1.807) is 0 Å². The Bertz CT molecular complexity index is 516. The number of carbonyl (C=O) groups excluding carboxylic acids is 1. The third-order valence-corrected chi connectivity index (χ3v) is 2.70. The van der Waals surface area contributed by atoms with Crippen LogP contribution in [-0.2, 0) is 15.4 Å². The van der Waals surface area contributed by atoms with E-state index < -0.39 is 39.9 Å². The Labute approximate surface area is 118 Å².